The number of hydrogen-bond donors (Lipinski definition) is 0. The summed E-state index contributed by atoms with van der Waals surface area (Å²) in [5.74, 6) is -0.258. The highest BCUT2D eigenvalue weighted by molar-refractivity contribution is 6.31. The Labute approximate surface area is 172 Å². The molecule has 28 heavy (non-hydrogen) atoms. The van der Waals surface area contributed by atoms with Gasteiger partial charge < -0.3 is 0 Å². The summed E-state index contributed by atoms with van der Waals surface area (Å²) >= 11 is 12.3. The van der Waals surface area contributed by atoms with E-state index in [4.69, 9.17) is 23.2 Å². The van der Waals surface area contributed by atoms with Gasteiger partial charge in [0.2, 0.25) is 5.78 Å². The molecule has 0 aliphatic heterocycles. The molecule has 0 saturated heterocycles. The first-order valence-corrected chi connectivity index (χ1v) is 9.36. The number of benzene rings is 2. The van der Waals surface area contributed by atoms with Crippen molar-refractivity contribution in [2.75, 3.05) is 0 Å². The minimum Gasteiger partial charge on any atom is -0.285 e. The molecular weight excluding hydrogens is 391 g/mol. The molecule has 4 rings (SSSR count). The number of hydrogen-bond acceptors (Lipinski definition) is 3. The van der Waals surface area contributed by atoms with Crippen LogP contribution < -0.4 is 0 Å². The van der Waals surface area contributed by atoms with E-state index in [1.54, 1.807) is 36.7 Å². The van der Waals surface area contributed by atoms with Crippen LogP contribution in [0.1, 0.15) is 16.2 Å². The number of nitrogens with zero attached hydrogens (tertiary/aromatic N) is 2. The van der Waals surface area contributed by atoms with E-state index in [1.807, 2.05) is 48.5 Å². The van der Waals surface area contributed by atoms with Crippen LogP contribution in [-0.2, 0) is 0 Å². The smallest absolute Gasteiger partial charge is 0.230 e. The van der Waals surface area contributed by atoms with Crippen molar-refractivity contribution in [2.45, 2.75) is 0 Å². The number of aromatic nitrogens is 2. The summed E-state index contributed by atoms with van der Waals surface area (Å²) in [6.07, 6.45) is 3.20. The molecule has 2 aromatic heterocycles. The molecule has 5 heteroatoms. The van der Waals surface area contributed by atoms with Crippen molar-refractivity contribution in [2.24, 2.45) is 0 Å². The maximum atomic E-state index is 13.4. The van der Waals surface area contributed by atoms with Gasteiger partial charge in [0, 0.05) is 33.6 Å². The fraction of sp³-hybridized carbons (Fsp3) is 0. The second kappa shape index (κ2) is 7.93. The first-order chi connectivity index (χ1) is 13.6. The quantitative estimate of drug-likeness (QED) is 0.372. The number of rotatable bonds is 4. The van der Waals surface area contributed by atoms with Crippen molar-refractivity contribution in [1.82, 2.24) is 9.97 Å². The van der Waals surface area contributed by atoms with Crippen LogP contribution >= 0.6 is 23.2 Å². The van der Waals surface area contributed by atoms with Crippen LogP contribution in [0.3, 0.4) is 0 Å². The van der Waals surface area contributed by atoms with Crippen LogP contribution in [0.2, 0.25) is 10.0 Å². The SMILES string of the molecule is O=C(c1ncccc1-c1cccc(Cl)c1)c1ncccc1-c1cccc(Cl)c1. The molecule has 3 nitrogen and oxygen atoms in total. The van der Waals surface area contributed by atoms with E-state index < -0.39 is 0 Å². The van der Waals surface area contributed by atoms with E-state index in [0.717, 1.165) is 11.1 Å². The summed E-state index contributed by atoms with van der Waals surface area (Å²) in [4.78, 5) is 22.1. The Morgan fingerprint density at radius 1 is 0.643 bits per heavy atom. The van der Waals surface area contributed by atoms with Gasteiger partial charge in [0.1, 0.15) is 11.4 Å². The average Bonchev–Trinajstić information content (AvgIpc) is 2.73. The summed E-state index contributed by atoms with van der Waals surface area (Å²) in [5, 5.41) is 1.19. The molecule has 0 spiro atoms. The Bertz CT molecular complexity index is 1080. The van der Waals surface area contributed by atoms with Crippen LogP contribution in [-0.4, -0.2) is 15.8 Å². The zero-order valence-corrected chi connectivity index (χ0v) is 16.2. The molecular formula is C23H14Cl2N2O. The molecule has 0 atom stereocenters. The van der Waals surface area contributed by atoms with Crippen LogP contribution in [0, 0.1) is 0 Å². The molecule has 0 saturated carbocycles. The maximum Gasteiger partial charge on any atom is 0.230 e. The monoisotopic (exact) mass is 404 g/mol. The van der Waals surface area contributed by atoms with Gasteiger partial charge in [-0.15, -0.1) is 0 Å². The molecule has 0 fully saturated rings. The van der Waals surface area contributed by atoms with Gasteiger partial charge in [-0.05, 0) is 47.5 Å². The highest BCUT2D eigenvalue weighted by Gasteiger charge is 2.21. The molecule has 0 aliphatic carbocycles. The van der Waals surface area contributed by atoms with Gasteiger partial charge in [0.05, 0.1) is 0 Å². The van der Waals surface area contributed by atoms with Crippen LogP contribution in [0.25, 0.3) is 22.3 Å². The average molecular weight is 405 g/mol. The third-order valence-electron chi connectivity index (χ3n) is 4.32. The molecule has 0 radical (unpaired) electrons. The van der Waals surface area contributed by atoms with Crippen LogP contribution in [0.5, 0.6) is 0 Å². The maximum absolute atomic E-state index is 13.4. The number of carbonyl (C=O) groups excluding carboxylic acids is 1. The first-order valence-electron chi connectivity index (χ1n) is 8.60. The lowest BCUT2D eigenvalue weighted by molar-refractivity contribution is 0.103. The zero-order valence-electron chi connectivity index (χ0n) is 14.6. The van der Waals surface area contributed by atoms with Crippen molar-refractivity contribution in [3.63, 3.8) is 0 Å². The minimum atomic E-state index is -0.258. The lowest BCUT2D eigenvalue weighted by atomic mass is 9.96. The highest BCUT2D eigenvalue weighted by atomic mass is 35.5. The summed E-state index contributed by atoms with van der Waals surface area (Å²) in [6.45, 7) is 0. The van der Waals surface area contributed by atoms with Gasteiger partial charge in [-0.2, -0.15) is 0 Å². The number of carbonyl (C=O) groups is 1. The van der Waals surface area contributed by atoms with Crippen LogP contribution in [0.15, 0.2) is 85.2 Å². The Morgan fingerprint density at radius 3 is 1.54 bits per heavy atom. The van der Waals surface area contributed by atoms with Gasteiger partial charge in [-0.3, -0.25) is 14.8 Å². The fourth-order valence-corrected chi connectivity index (χ4v) is 3.44. The number of ketones is 1. The molecule has 136 valence electrons. The summed E-state index contributed by atoms with van der Waals surface area (Å²) < 4.78 is 0. The summed E-state index contributed by atoms with van der Waals surface area (Å²) in [7, 11) is 0. The summed E-state index contributed by atoms with van der Waals surface area (Å²) in [5.41, 5.74) is 3.71. The van der Waals surface area contributed by atoms with E-state index in [-0.39, 0.29) is 5.78 Å². The second-order valence-corrected chi connectivity index (χ2v) is 7.02. The highest BCUT2D eigenvalue weighted by Crippen LogP contribution is 2.30. The van der Waals surface area contributed by atoms with Gasteiger partial charge in [-0.25, -0.2) is 0 Å². The number of halogens is 2. The van der Waals surface area contributed by atoms with Crippen molar-refractivity contribution in [1.29, 1.82) is 0 Å². The summed E-state index contributed by atoms with van der Waals surface area (Å²) in [6, 6.07) is 22.0. The standard InChI is InChI=1S/C23H14Cl2N2O/c24-17-7-1-5-15(13-17)19-9-3-11-26-21(19)23(28)22-20(10-4-12-27-22)16-6-2-8-18(25)14-16/h1-14H. The largest absolute Gasteiger partial charge is 0.285 e. The first kappa shape index (κ1) is 18.4. The van der Waals surface area contributed by atoms with Gasteiger partial charge in [0.15, 0.2) is 0 Å². The van der Waals surface area contributed by atoms with Crippen molar-refractivity contribution in [3.05, 3.63) is 107 Å². The van der Waals surface area contributed by atoms with E-state index in [1.165, 1.54) is 0 Å². The molecule has 2 aromatic carbocycles. The fourth-order valence-electron chi connectivity index (χ4n) is 3.06. The topological polar surface area (TPSA) is 42.9 Å². The Morgan fingerprint density at radius 2 is 1.11 bits per heavy atom. The van der Waals surface area contributed by atoms with Gasteiger partial charge >= 0.3 is 0 Å². The third-order valence-corrected chi connectivity index (χ3v) is 4.79. The molecule has 2 heterocycles. The third kappa shape index (κ3) is 3.68. The molecule has 0 amide bonds. The Balaban J connectivity index is 1.85. The van der Waals surface area contributed by atoms with E-state index in [0.29, 0.717) is 32.6 Å². The van der Waals surface area contributed by atoms with E-state index >= 15 is 0 Å². The van der Waals surface area contributed by atoms with Crippen LogP contribution in [0.4, 0.5) is 0 Å². The van der Waals surface area contributed by atoms with Crippen molar-refractivity contribution < 1.29 is 4.79 Å². The van der Waals surface area contributed by atoms with Crippen molar-refractivity contribution in [3.8, 4) is 22.3 Å². The molecule has 0 unspecified atom stereocenters. The molecule has 4 aromatic rings. The molecule has 0 bridgehead atoms. The van der Waals surface area contributed by atoms with Crippen molar-refractivity contribution >= 4 is 29.0 Å². The normalized spacial score (nSPS) is 10.6. The molecule has 0 N–H and O–H groups in total. The number of pyridine rings is 2. The van der Waals surface area contributed by atoms with E-state index in [9.17, 15) is 4.79 Å². The lowest BCUT2D eigenvalue weighted by Gasteiger charge is -2.11. The van der Waals surface area contributed by atoms with E-state index in [2.05, 4.69) is 9.97 Å². The Kier molecular flexibility index (Phi) is 5.20. The predicted molar refractivity (Wildman–Crippen MR) is 113 cm³/mol. The Hall–Kier alpha value is -3.01. The second-order valence-electron chi connectivity index (χ2n) is 6.15. The molecule has 0 aliphatic rings. The predicted octanol–water partition coefficient (Wildman–Crippen LogP) is 6.35. The van der Waals surface area contributed by atoms with Gasteiger partial charge in [0.25, 0.3) is 0 Å². The zero-order chi connectivity index (χ0) is 19.5. The van der Waals surface area contributed by atoms with Gasteiger partial charge in [-0.1, -0.05) is 59.6 Å². The lowest BCUT2D eigenvalue weighted by Crippen LogP contribution is -2.10. The minimum absolute atomic E-state index is 0.258.